The van der Waals surface area contributed by atoms with E-state index in [-0.39, 0.29) is 5.91 Å². The number of aryl methyl sites for hydroxylation is 2. The van der Waals surface area contributed by atoms with Gasteiger partial charge in [0.25, 0.3) is 0 Å². The Morgan fingerprint density at radius 1 is 1.17 bits per heavy atom. The summed E-state index contributed by atoms with van der Waals surface area (Å²) in [5.41, 5.74) is 2.01. The number of carbonyl (C=O) groups excluding carboxylic acids is 1. The van der Waals surface area contributed by atoms with Gasteiger partial charge in [-0.15, -0.1) is 11.3 Å². The van der Waals surface area contributed by atoms with Gasteiger partial charge in [0.05, 0.1) is 12.2 Å². The van der Waals surface area contributed by atoms with Gasteiger partial charge >= 0.3 is 0 Å². The van der Waals surface area contributed by atoms with Crippen molar-refractivity contribution in [1.29, 1.82) is 0 Å². The van der Waals surface area contributed by atoms with Crippen molar-refractivity contribution in [2.24, 2.45) is 0 Å². The summed E-state index contributed by atoms with van der Waals surface area (Å²) in [6.07, 6.45) is 1.73. The van der Waals surface area contributed by atoms with E-state index in [1.807, 2.05) is 36.5 Å². The number of hydrogen-bond acceptors (Lipinski definition) is 4. The Kier molecular flexibility index (Phi) is 4.14. The van der Waals surface area contributed by atoms with E-state index in [0.29, 0.717) is 25.0 Å². The lowest BCUT2D eigenvalue weighted by Crippen LogP contribution is -2.36. The first-order chi connectivity index (χ1) is 11.6. The van der Waals surface area contributed by atoms with Crippen molar-refractivity contribution in [3.8, 4) is 0 Å². The molecular formula is C19H23N3OS. The molecule has 1 amide bonds. The summed E-state index contributed by atoms with van der Waals surface area (Å²) in [7, 11) is 0. The van der Waals surface area contributed by atoms with Crippen LogP contribution in [0.5, 0.6) is 0 Å². The predicted molar refractivity (Wildman–Crippen MR) is 95.8 cm³/mol. The number of rotatable bonds is 4. The summed E-state index contributed by atoms with van der Waals surface area (Å²) in [4.78, 5) is 24.4. The summed E-state index contributed by atoms with van der Waals surface area (Å²) < 4.78 is 0. The molecule has 5 heteroatoms. The molecule has 4 rings (SSSR count). The molecule has 2 fully saturated rings. The van der Waals surface area contributed by atoms with E-state index in [0.717, 1.165) is 30.9 Å². The van der Waals surface area contributed by atoms with Gasteiger partial charge in [0, 0.05) is 47.0 Å². The first-order valence-corrected chi connectivity index (χ1v) is 9.43. The molecular weight excluding hydrogens is 318 g/mol. The molecule has 0 aliphatic carbocycles. The second-order valence-corrected chi connectivity index (χ2v) is 8.27. The standard InChI is InChI=1S/C19H23N3OS/c1-13-4-3-5-15(20-13)11-22-17-8-9-21(18(17)10-19(22)23)12-16-7-6-14(2)24-16/h3-7,17-18H,8-12H2,1-2H3/t17-,18+/m0/s1. The third kappa shape index (κ3) is 2.98. The van der Waals surface area contributed by atoms with Crippen LogP contribution in [-0.4, -0.2) is 39.3 Å². The van der Waals surface area contributed by atoms with Crippen LogP contribution in [0.25, 0.3) is 0 Å². The number of hydrogen-bond donors (Lipinski definition) is 0. The highest BCUT2D eigenvalue weighted by molar-refractivity contribution is 7.11. The van der Waals surface area contributed by atoms with E-state index in [1.165, 1.54) is 9.75 Å². The molecule has 2 aromatic rings. The van der Waals surface area contributed by atoms with Crippen LogP contribution in [0, 0.1) is 13.8 Å². The molecule has 0 saturated carbocycles. The maximum Gasteiger partial charge on any atom is 0.224 e. The molecule has 24 heavy (non-hydrogen) atoms. The zero-order valence-electron chi connectivity index (χ0n) is 14.2. The average molecular weight is 341 g/mol. The van der Waals surface area contributed by atoms with E-state index in [4.69, 9.17) is 0 Å². The summed E-state index contributed by atoms with van der Waals surface area (Å²) in [5.74, 6) is 0.278. The first-order valence-electron chi connectivity index (χ1n) is 8.61. The van der Waals surface area contributed by atoms with Crippen LogP contribution in [0.2, 0.25) is 0 Å². The molecule has 126 valence electrons. The molecule has 0 N–H and O–H groups in total. The largest absolute Gasteiger partial charge is 0.332 e. The third-order valence-electron chi connectivity index (χ3n) is 5.16. The zero-order valence-corrected chi connectivity index (χ0v) is 15.1. The number of amides is 1. The highest BCUT2D eigenvalue weighted by atomic mass is 32.1. The number of likely N-dealkylation sites (tertiary alicyclic amines) is 2. The van der Waals surface area contributed by atoms with E-state index in [9.17, 15) is 4.79 Å². The van der Waals surface area contributed by atoms with Gasteiger partial charge in [-0.1, -0.05) is 6.07 Å². The predicted octanol–water partition coefficient (Wildman–Crippen LogP) is 3.14. The van der Waals surface area contributed by atoms with Crippen molar-refractivity contribution >= 4 is 17.2 Å². The van der Waals surface area contributed by atoms with Gasteiger partial charge in [0.15, 0.2) is 0 Å². The minimum Gasteiger partial charge on any atom is -0.332 e. The highest BCUT2D eigenvalue weighted by Gasteiger charge is 2.46. The third-order valence-corrected chi connectivity index (χ3v) is 6.15. The molecule has 4 heterocycles. The fraction of sp³-hybridized carbons (Fsp3) is 0.474. The quantitative estimate of drug-likeness (QED) is 0.857. The van der Waals surface area contributed by atoms with Gasteiger partial charge in [0.1, 0.15) is 0 Å². The van der Waals surface area contributed by atoms with Gasteiger partial charge in [-0.3, -0.25) is 14.7 Å². The van der Waals surface area contributed by atoms with Crippen LogP contribution in [0.15, 0.2) is 30.3 Å². The van der Waals surface area contributed by atoms with Crippen molar-refractivity contribution in [2.45, 2.75) is 51.9 Å². The Bertz CT molecular complexity index is 757. The molecule has 0 radical (unpaired) electrons. The minimum absolute atomic E-state index is 0.278. The number of pyridine rings is 1. The number of carbonyl (C=O) groups is 1. The number of nitrogens with zero attached hydrogens (tertiary/aromatic N) is 3. The summed E-state index contributed by atoms with van der Waals surface area (Å²) in [5, 5.41) is 0. The average Bonchev–Trinajstić information content (AvgIpc) is 3.20. The molecule has 2 aliphatic heterocycles. The minimum atomic E-state index is 0.278. The maximum absolute atomic E-state index is 12.6. The number of thiophene rings is 1. The van der Waals surface area contributed by atoms with Crippen LogP contribution in [0.1, 0.15) is 34.0 Å². The lowest BCUT2D eigenvalue weighted by molar-refractivity contribution is -0.129. The maximum atomic E-state index is 12.6. The summed E-state index contributed by atoms with van der Waals surface area (Å²) in [6.45, 7) is 6.85. The van der Waals surface area contributed by atoms with E-state index >= 15 is 0 Å². The second kappa shape index (κ2) is 6.30. The molecule has 0 aromatic carbocycles. The smallest absolute Gasteiger partial charge is 0.224 e. The van der Waals surface area contributed by atoms with Crippen LogP contribution < -0.4 is 0 Å². The normalized spacial score (nSPS) is 23.9. The molecule has 2 aliphatic rings. The number of fused-ring (bicyclic) bond motifs is 1. The fourth-order valence-corrected chi connectivity index (χ4v) is 4.96. The summed E-state index contributed by atoms with van der Waals surface area (Å²) >= 11 is 1.86. The topological polar surface area (TPSA) is 36.4 Å². The van der Waals surface area contributed by atoms with E-state index in [1.54, 1.807) is 0 Å². The second-order valence-electron chi connectivity index (χ2n) is 6.90. The summed E-state index contributed by atoms with van der Waals surface area (Å²) in [6, 6.07) is 11.2. The lowest BCUT2D eigenvalue weighted by atomic mass is 10.1. The van der Waals surface area contributed by atoms with Gasteiger partial charge < -0.3 is 4.90 Å². The zero-order chi connectivity index (χ0) is 16.7. The Labute approximate surface area is 147 Å². The molecule has 0 unspecified atom stereocenters. The Morgan fingerprint density at radius 3 is 2.79 bits per heavy atom. The van der Waals surface area contributed by atoms with Gasteiger partial charge in [-0.2, -0.15) is 0 Å². The van der Waals surface area contributed by atoms with E-state index < -0.39 is 0 Å². The molecule has 0 bridgehead atoms. The monoisotopic (exact) mass is 341 g/mol. The molecule has 2 atom stereocenters. The van der Waals surface area contributed by atoms with Crippen molar-refractivity contribution < 1.29 is 4.79 Å². The van der Waals surface area contributed by atoms with Crippen molar-refractivity contribution in [3.63, 3.8) is 0 Å². The lowest BCUT2D eigenvalue weighted by Gasteiger charge is -2.25. The van der Waals surface area contributed by atoms with E-state index in [2.05, 4.69) is 33.8 Å². The molecule has 2 saturated heterocycles. The van der Waals surface area contributed by atoms with Gasteiger partial charge in [-0.25, -0.2) is 0 Å². The Morgan fingerprint density at radius 2 is 2.04 bits per heavy atom. The SMILES string of the molecule is Cc1cccc(CN2C(=O)C[C@@H]3[C@@H]2CCN3Cc2ccc(C)s2)n1. The Hall–Kier alpha value is -1.72. The van der Waals surface area contributed by atoms with Gasteiger partial charge in [-0.05, 0) is 44.5 Å². The fourth-order valence-electron chi connectivity index (χ4n) is 4.04. The van der Waals surface area contributed by atoms with Crippen LogP contribution >= 0.6 is 11.3 Å². The highest BCUT2D eigenvalue weighted by Crippen LogP contribution is 2.35. The first kappa shape index (κ1) is 15.8. The molecule has 4 nitrogen and oxygen atoms in total. The van der Waals surface area contributed by atoms with Crippen molar-refractivity contribution in [2.75, 3.05) is 6.54 Å². The Balaban J connectivity index is 1.47. The molecule has 2 aromatic heterocycles. The van der Waals surface area contributed by atoms with Crippen LogP contribution in [-0.2, 0) is 17.9 Å². The van der Waals surface area contributed by atoms with Crippen molar-refractivity contribution in [1.82, 2.24) is 14.8 Å². The molecule has 0 spiro atoms. The van der Waals surface area contributed by atoms with Crippen LogP contribution in [0.4, 0.5) is 0 Å². The number of aromatic nitrogens is 1. The van der Waals surface area contributed by atoms with Crippen LogP contribution in [0.3, 0.4) is 0 Å². The van der Waals surface area contributed by atoms with Gasteiger partial charge in [0.2, 0.25) is 5.91 Å². The van der Waals surface area contributed by atoms with Crippen molar-refractivity contribution in [3.05, 3.63) is 51.5 Å².